The molecule has 0 aliphatic heterocycles. The molecule has 1 aromatic carbocycles. The fourth-order valence-electron chi connectivity index (χ4n) is 1.36. The summed E-state index contributed by atoms with van der Waals surface area (Å²) < 4.78 is 12.6. The highest BCUT2D eigenvalue weighted by atomic mass is 19.1. The SMILES string of the molecule is CC(C)CC(C#N)Nc1ccc(F)cc1. The molecule has 1 atom stereocenters. The van der Waals surface area contributed by atoms with Gasteiger partial charge in [0.15, 0.2) is 0 Å². The lowest BCUT2D eigenvalue weighted by atomic mass is 10.0. The van der Waals surface area contributed by atoms with Crippen LogP contribution in [0.2, 0.25) is 0 Å². The van der Waals surface area contributed by atoms with Crippen LogP contribution in [-0.2, 0) is 0 Å². The monoisotopic (exact) mass is 206 g/mol. The Morgan fingerprint density at radius 2 is 1.93 bits per heavy atom. The molecule has 1 unspecified atom stereocenters. The Morgan fingerprint density at radius 3 is 2.40 bits per heavy atom. The molecule has 0 saturated carbocycles. The standard InChI is InChI=1S/C12H15FN2/c1-9(2)7-12(8-14)15-11-5-3-10(13)4-6-11/h3-6,9,12,15H,7H2,1-2H3. The summed E-state index contributed by atoms with van der Waals surface area (Å²) in [7, 11) is 0. The third-order valence-electron chi connectivity index (χ3n) is 2.05. The van der Waals surface area contributed by atoms with Crippen LogP contribution in [-0.4, -0.2) is 6.04 Å². The van der Waals surface area contributed by atoms with Crippen molar-refractivity contribution in [2.75, 3.05) is 5.32 Å². The molecule has 2 nitrogen and oxygen atoms in total. The summed E-state index contributed by atoms with van der Waals surface area (Å²) in [4.78, 5) is 0. The van der Waals surface area contributed by atoms with Crippen molar-refractivity contribution in [2.45, 2.75) is 26.3 Å². The van der Waals surface area contributed by atoms with E-state index in [-0.39, 0.29) is 11.9 Å². The van der Waals surface area contributed by atoms with E-state index in [0.29, 0.717) is 5.92 Å². The average molecular weight is 206 g/mol. The van der Waals surface area contributed by atoms with E-state index in [1.807, 2.05) is 0 Å². The highest BCUT2D eigenvalue weighted by molar-refractivity contribution is 5.45. The zero-order valence-corrected chi connectivity index (χ0v) is 9.00. The molecule has 0 amide bonds. The maximum atomic E-state index is 12.6. The topological polar surface area (TPSA) is 35.8 Å². The minimum absolute atomic E-state index is 0.213. The van der Waals surface area contributed by atoms with Gasteiger partial charge in [-0.15, -0.1) is 0 Å². The van der Waals surface area contributed by atoms with E-state index in [4.69, 9.17) is 5.26 Å². The smallest absolute Gasteiger partial charge is 0.123 e. The molecule has 0 aliphatic carbocycles. The number of hydrogen-bond acceptors (Lipinski definition) is 2. The molecular weight excluding hydrogens is 191 g/mol. The fourth-order valence-corrected chi connectivity index (χ4v) is 1.36. The predicted molar refractivity (Wildman–Crippen MR) is 58.9 cm³/mol. The van der Waals surface area contributed by atoms with Crippen molar-refractivity contribution in [3.8, 4) is 6.07 Å². The van der Waals surface area contributed by atoms with E-state index < -0.39 is 0 Å². The molecular formula is C12H15FN2. The third kappa shape index (κ3) is 3.99. The van der Waals surface area contributed by atoms with Gasteiger partial charge in [0.25, 0.3) is 0 Å². The van der Waals surface area contributed by atoms with Gasteiger partial charge in [-0.3, -0.25) is 0 Å². The summed E-state index contributed by atoms with van der Waals surface area (Å²) in [5, 5.41) is 12.0. The molecule has 0 fully saturated rings. The van der Waals surface area contributed by atoms with Gasteiger partial charge in [-0.25, -0.2) is 4.39 Å². The maximum Gasteiger partial charge on any atom is 0.123 e. The second kappa shape index (κ2) is 5.35. The normalized spacial score (nSPS) is 12.2. The molecule has 1 N–H and O–H groups in total. The van der Waals surface area contributed by atoms with E-state index in [9.17, 15) is 4.39 Å². The number of rotatable bonds is 4. The number of anilines is 1. The minimum Gasteiger partial charge on any atom is -0.370 e. The Hall–Kier alpha value is -1.56. The number of benzene rings is 1. The molecule has 0 spiro atoms. The molecule has 0 saturated heterocycles. The van der Waals surface area contributed by atoms with Crippen LogP contribution in [0.15, 0.2) is 24.3 Å². The minimum atomic E-state index is -0.266. The molecule has 0 radical (unpaired) electrons. The van der Waals surface area contributed by atoms with E-state index >= 15 is 0 Å². The van der Waals surface area contributed by atoms with Crippen LogP contribution in [0.1, 0.15) is 20.3 Å². The quantitative estimate of drug-likeness (QED) is 0.821. The maximum absolute atomic E-state index is 12.6. The van der Waals surface area contributed by atoms with Crippen molar-refractivity contribution >= 4 is 5.69 Å². The van der Waals surface area contributed by atoms with Crippen molar-refractivity contribution in [2.24, 2.45) is 5.92 Å². The van der Waals surface area contributed by atoms with Crippen LogP contribution in [0.4, 0.5) is 10.1 Å². The Morgan fingerprint density at radius 1 is 1.33 bits per heavy atom. The Kier molecular flexibility index (Phi) is 4.11. The van der Waals surface area contributed by atoms with E-state index in [1.165, 1.54) is 12.1 Å². The van der Waals surface area contributed by atoms with Crippen molar-refractivity contribution < 1.29 is 4.39 Å². The van der Waals surface area contributed by atoms with Crippen LogP contribution >= 0.6 is 0 Å². The lowest BCUT2D eigenvalue weighted by Gasteiger charge is -2.14. The van der Waals surface area contributed by atoms with Crippen LogP contribution in [0.25, 0.3) is 0 Å². The van der Waals surface area contributed by atoms with E-state index in [1.54, 1.807) is 12.1 Å². The number of nitrogens with one attached hydrogen (secondary N) is 1. The van der Waals surface area contributed by atoms with Gasteiger partial charge in [-0.05, 0) is 36.6 Å². The van der Waals surface area contributed by atoms with Gasteiger partial charge in [-0.2, -0.15) is 5.26 Å². The van der Waals surface area contributed by atoms with Crippen LogP contribution in [0, 0.1) is 23.1 Å². The molecule has 1 rings (SSSR count). The second-order valence-electron chi connectivity index (χ2n) is 3.96. The van der Waals surface area contributed by atoms with Crippen molar-refractivity contribution in [1.29, 1.82) is 5.26 Å². The predicted octanol–water partition coefficient (Wildman–Crippen LogP) is 3.18. The number of hydrogen-bond donors (Lipinski definition) is 1. The highest BCUT2D eigenvalue weighted by Crippen LogP contribution is 2.13. The van der Waals surface area contributed by atoms with Gasteiger partial charge in [-0.1, -0.05) is 13.8 Å². The summed E-state index contributed by atoms with van der Waals surface area (Å²) in [6.45, 7) is 4.13. The van der Waals surface area contributed by atoms with E-state index in [0.717, 1.165) is 12.1 Å². The number of halogens is 1. The highest BCUT2D eigenvalue weighted by Gasteiger charge is 2.08. The van der Waals surface area contributed by atoms with Crippen molar-refractivity contribution in [1.82, 2.24) is 0 Å². The summed E-state index contributed by atoms with van der Waals surface area (Å²) in [5.41, 5.74) is 0.781. The number of nitriles is 1. The zero-order valence-electron chi connectivity index (χ0n) is 9.00. The Bertz CT molecular complexity index is 338. The van der Waals surface area contributed by atoms with Gasteiger partial charge in [0, 0.05) is 5.69 Å². The fraction of sp³-hybridized carbons (Fsp3) is 0.417. The summed E-state index contributed by atoms with van der Waals surface area (Å²) in [6.07, 6.45) is 0.786. The molecule has 15 heavy (non-hydrogen) atoms. The second-order valence-corrected chi connectivity index (χ2v) is 3.96. The van der Waals surface area contributed by atoms with Gasteiger partial charge < -0.3 is 5.32 Å². The van der Waals surface area contributed by atoms with Crippen molar-refractivity contribution in [3.63, 3.8) is 0 Å². The first-order valence-corrected chi connectivity index (χ1v) is 5.03. The van der Waals surface area contributed by atoms with Crippen molar-refractivity contribution in [3.05, 3.63) is 30.1 Å². The summed E-state index contributed by atoms with van der Waals surface area (Å²) >= 11 is 0. The van der Waals surface area contributed by atoms with Gasteiger partial charge in [0.2, 0.25) is 0 Å². The summed E-state index contributed by atoms with van der Waals surface area (Å²) in [6, 6.07) is 8.02. The molecule has 3 heteroatoms. The molecule has 0 heterocycles. The van der Waals surface area contributed by atoms with Crippen LogP contribution < -0.4 is 5.32 Å². The van der Waals surface area contributed by atoms with Gasteiger partial charge in [0.1, 0.15) is 11.9 Å². The first-order valence-electron chi connectivity index (χ1n) is 5.03. The largest absolute Gasteiger partial charge is 0.370 e. The summed E-state index contributed by atoms with van der Waals surface area (Å²) in [5.74, 6) is 0.195. The zero-order chi connectivity index (χ0) is 11.3. The van der Waals surface area contributed by atoms with E-state index in [2.05, 4.69) is 25.2 Å². The van der Waals surface area contributed by atoms with Gasteiger partial charge >= 0.3 is 0 Å². The first kappa shape index (κ1) is 11.5. The van der Waals surface area contributed by atoms with Gasteiger partial charge in [0.05, 0.1) is 6.07 Å². The van der Waals surface area contributed by atoms with Crippen LogP contribution in [0.5, 0.6) is 0 Å². The average Bonchev–Trinajstić information content (AvgIpc) is 2.19. The molecule has 0 aliphatic rings. The molecule has 80 valence electrons. The Balaban J connectivity index is 2.60. The molecule has 0 aromatic heterocycles. The lowest BCUT2D eigenvalue weighted by Crippen LogP contribution is -2.19. The Labute approximate surface area is 89.7 Å². The van der Waals surface area contributed by atoms with Crippen LogP contribution in [0.3, 0.4) is 0 Å². The number of nitrogens with zero attached hydrogens (tertiary/aromatic N) is 1. The molecule has 1 aromatic rings. The lowest BCUT2D eigenvalue weighted by molar-refractivity contribution is 0.568. The first-order chi connectivity index (χ1) is 7.11. The third-order valence-corrected chi connectivity index (χ3v) is 2.05. The molecule has 0 bridgehead atoms.